The quantitative estimate of drug-likeness (QED) is 0.889. The Hall–Kier alpha value is -1.73. The molecule has 3 N–H and O–H groups in total. The zero-order chi connectivity index (χ0) is 15.2. The molecule has 7 nitrogen and oxygen atoms in total. The van der Waals surface area contributed by atoms with E-state index < -0.39 is 12.3 Å². The number of imidazole rings is 1. The molecule has 0 amide bonds. The van der Waals surface area contributed by atoms with Gasteiger partial charge < -0.3 is 15.6 Å². The number of hydrogen-bond donors (Lipinski definition) is 2. The Morgan fingerprint density at radius 2 is 2.05 bits per heavy atom. The van der Waals surface area contributed by atoms with Crippen LogP contribution in [0.2, 0.25) is 0 Å². The summed E-state index contributed by atoms with van der Waals surface area (Å²) in [6.45, 7) is 6.20. The minimum atomic E-state index is -0.613. The Labute approximate surface area is 123 Å². The van der Waals surface area contributed by atoms with Gasteiger partial charge in [-0.05, 0) is 12.8 Å². The number of nitrogen functional groups attached to an aromatic ring is 1. The van der Waals surface area contributed by atoms with Crippen molar-refractivity contribution in [2.45, 2.75) is 51.5 Å². The van der Waals surface area contributed by atoms with Crippen LogP contribution in [-0.4, -0.2) is 36.3 Å². The lowest BCUT2D eigenvalue weighted by atomic mass is 9.83. The molecule has 0 aliphatic carbocycles. The SMILES string of the molecule is CCC1(CC)O[C@@H](n2cnc3c(N)ncnc32)[C@@H](O)C1C. The molecule has 1 aliphatic heterocycles. The first-order valence-corrected chi connectivity index (χ1v) is 7.33. The summed E-state index contributed by atoms with van der Waals surface area (Å²) in [7, 11) is 0. The van der Waals surface area contributed by atoms with Crippen LogP contribution in [0.3, 0.4) is 0 Å². The highest BCUT2D eigenvalue weighted by atomic mass is 16.5. The summed E-state index contributed by atoms with van der Waals surface area (Å²) in [5.41, 5.74) is 6.60. The van der Waals surface area contributed by atoms with Crippen molar-refractivity contribution in [1.82, 2.24) is 19.5 Å². The second-order valence-corrected chi connectivity index (χ2v) is 5.64. The van der Waals surface area contributed by atoms with E-state index in [0.29, 0.717) is 17.0 Å². The van der Waals surface area contributed by atoms with Crippen LogP contribution in [0.5, 0.6) is 0 Å². The van der Waals surface area contributed by atoms with E-state index in [1.54, 1.807) is 10.9 Å². The fraction of sp³-hybridized carbons (Fsp3) is 0.643. The molecule has 1 fully saturated rings. The van der Waals surface area contributed by atoms with Crippen LogP contribution >= 0.6 is 0 Å². The molecule has 2 aromatic rings. The van der Waals surface area contributed by atoms with Crippen LogP contribution < -0.4 is 5.73 Å². The summed E-state index contributed by atoms with van der Waals surface area (Å²) in [6.07, 6.45) is 3.59. The normalized spacial score (nSPS) is 28.3. The highest BCUT2D eigenvalue weighted by molar-refractivity contribution is 5.81. The summed E-state index contributed by atoms with van der Waals surface area (Å²) < 4.78 is 7.99. The van der Waals surface area contributed by atoms with Gasteiger partial charge in [0.1, 0.15) is 17.9 Å². The fourth-order valence-electron chi connectivity index (χ4n) is 3.31. The molecule has 7 heteroatoms. The lowest BCUT2D eigenvalue weighted by molar-refractivity contribution is -0.0948. The number of anilines is 1. The molecule has 1 aliphatic rings. The topological polar surface area (TPSA) is 99.1 Å². The molecule has 21 heavy (non-hydrogen) atoms. The number of aromatic nitrogens is 4. The van der Waals surface area contributed by atoms with Crippen molar-refractivity contribution >= 4 is 17.0 Å². The smallest absolute Gasteiger partial charge is 0.167 e. The van der Waals surface area contributed by atoms with Crippen LogP contribution in [0.15, 0.2) is 12.7 Å². The molecule has 0 spiro atoms. The first kappa shape index (κ1) is 14.2. The third-order valence-corrected chi connectivity index (χ3v) is 4.85. The predicted molar refractivity (Wildman–Crippen MR) is 78.3 cm³/mol. The van der Waals surface area contributed by atoms with E-state index in [1.807, 2.05) is 6.92 Å². The van der Waals surface area contributed by atoms with Gasteiger partial charge >= 0.3 is 0 Å². The van der Waals surface area contributed by atoms with Gasteiger partial charge in [0.2, 0.25) is 0 Å². The first-order valence-electron chi connectivity index (χ1n) is 7.33. The van der Waals surface area contributed by atoms with Crippen molar-refractivity contribution in [2.75, 3.05) is 5.73 Å². The van der Waals surface area contributed by atoms with Crippen molar-refractivity contribution in [3.05, 3.63) is 12.7 Å². The van der Waals surface area contributed by atoms with E-state index in [2.05, 4.69) is 28.8 Å². The molecule has 0 bridgehead atoms. The van der Waals surface area contributed by atoms with Crippen LogP contribution in [0.4, 0.5) is 5.82 Å². The fourth-order valence-corrected chi connectivity index (χ4v) is 3.31. The summed E-state index contributed by atoms with van der Waals surface area (Å²) in [6, 6.07) is 0. The van der Waals surface area contributed by atoms with Crippen LogP contribution in [0.25, 0.3) is 11.2 Å². The minimum Gasteiger partial charge on any atom is -0.388 e. The second kappa shape index (κ2) is 4.92. The Bertz CT molecular complexity index is 652. The molecule has 3 atom stereocenters. The van der Waals surface area contributed by atoms with Crippen molar-refractivity contribution in [3.63, 3.8) is 0 Å². The zero-order valence-electron chi connectivity index (χ0n) is 12.5. The van der Waals surface area contributed by atoms with Gasteiger partial charge in [-0.2, -0.15) is 0 Å². The highest BCUT2D eigenvalue weighted by Gasteiger charge is 2.51. The highest BCUT2D eigenvalue weighted by Crippen LogP contribution is 2.45. The third-order valence-electron chi connectivity index (χ3n) is 4.85. The molecule has 0 radical (unpaired) electrons. The molecule has 114 valence electrons. The van der Waals surface area contributed by atoms with Gasteiger partial charge in [0.15, 0.2) is 17.7 Å². The molecule has 1 saturated heterocycles. The van der Waals surface area contributed by atoms with Crippen LogP contribution in [0.1, 0.15) is 39.8 Å². The largest absolute Gasteiger partial charge is 0.388 e. The zero-order valence-corrected chi connectivity index (χ0v) is 12.5. The average molecular weight is 291 g/mol. The molecule has 1 unspecified atom stereocenters. The summed E-state index contributed by atoms with van der Waals surface area (Å²) in [5, 5.41) is 10.6. The van der Waals surface area contributed by atoms with Crippen molar-refractivity contribution in [1.29, 1.82) is 0 Å². The van der Waals surface area contributed by atoms with Crippen molar-refractivity contribution in [3.8, 4) is 0 Å². The lowest BCUT2D eigenvalue weighted by Crippen LogP contribution is -2.35. The number of hydrogen-bond acceptors (Lipinski definition) is 6. The van der Waals surface area contributed by atoms with Gasteiger partial charge in [0, 0.05) is 5.92 Å². The van der Waals surface area contributed by atoms with Gasteiger partial charge in [0.25, 0.3) is 0 Å². The molecule has 0 saturated carbocycles. The number of aliphatic hydroxyl groups excluding tert-OH is 1. The maximum absolute atomic E-state index is 10.6. The van der Waals surface area contributed by atoms with Gasteiger partial charge in [-0.3, -0.25) is 4.57 Å². The number of aliphatic hydroxyl groups is 1. The Morgan fingerprint density at radius 3 is 2.67 bits per heavy atom. The lowest BCUT2D eigenvalue weighted by Gasteiger charge is -2.30. The average Bonchev–Trinajstić information content (AvgIpc) is 3.02. The molecule has 3 rings (SSSR count). The molecule has 3 heterocycles. The monoisotopic (exact) mass is 291 g/mol. The van der Waals surface area contributed by atoms with Gasteiger partial charge in [0.05, 0.1) is 11.9 Å². The van der Waals surface area contributed by atoms with Crippen molar-refractivity contribution < 1.29 is 9.84 Å². The Balaban J connectivity index is 2.06. The number of ether oxygens (including phenoxy) is 1. The maximum atomic E-state index is 10.6. The van der Waals surface area contributed by atoms with E-state index in [9.17, 15) is 5.11 Å². The predicted octanol–water partition coefficient (Wildman–Crippen LogP) is 1.49. The van der Waals surface area contributed by atoms with E-state index in [0.717, 1.165) is 12.8 Å². The number of nitrogens with two attached hydrogens (primary N) is 1. The van der Waals surface area contributed by atoms with E-state index in [-0.39, 0.29) is 11.5 Å². The number of fused-ring (bicyclic) bond motifs is 1. The van der Waals surface area contributed by atoms with Gasteiger partial charge in [-0.1, -0.05) is 20.8 Å². The van der Waals surface area contributed by atoms with Gasteiger partial charge in [-0.15, -0.1) is 0 Å². The van der Waals surface area contributed by atoms with Crippen LogP contribution in [-0.2, 0) is 4.74 Å². The van der Waals surface area contributed by atoms with E-state index in [1.165, 1.54) is 6.33 Å². The van der Waals surface area contributed by atoms with Crippen LogP contribution in [0, 0.1) is 5.92 Å². The Kier molecular flexibility index (Phi) is 3.33. The minimum absolute atomic E-state index is 0.0362. The van der Waals surface area contributed by atoms with Crippen molar-refractivity contribution in [2.24, 2.45) is 5.92 Å². The first-order chi connectivity index (χ1) is 10.0. The maximum Gasteiger partial charge on any atom is 0.167 e. The molecule has 2 aromatic heterocycles. The molecular weight excluding hydrogens is 270 g/mol. The Morgan fingerprint density at radius 1 is 1.33 bits per heavy atom. The summed E-state index contributed by atoms with van der Waals surface area (Å²) in [5.74, 6) is 0.366. The number of rotatable bonds is 3. The molecule has 0 aromatic carbocycles. The molecular formula is C14H21N5O2. The van der Waals surface area contributed by atoms with Gasteiger partial charge in [-0.25, -0.2) is 15.0 Å². The summed E-state index contributed by atoms with van der Waals surface area (Å²) >= 11 is 0. The van der Waals surface area contributed by atoms with E-state index in [4.69, 9.17) is 10.5 Å². The standard InChI is InChI=1S/C14H21N5O2/c1-4-14(5-2)8(3)10(20)13(21-14)19-7-18-9-11(15)16-6-17-12(9)19/h6-8,10,13,20H,4-5H2,1-3H3,(H2,15,16,17)/t8?,10-,13+/m0/s1. The summed E-state index contributed by atoms with van der Waals surface area (Å²) in [4.78, 5) is 12.4. The number of nitrogens with zero attached hydrogens (tertiary/aromatic N) is 4. The second-order valence-electron chi connectivity index (χ2n) is 5.64. The van der Waals surface area contributed by atoms with E-state index >= 15 is 0 Å². The third kappa shape index (κ3) is 1.91.